The number of fused-ring (bicyclic) bond motifs is 1. The molecule has 7 nitrogen and oxygen atoms in total. The zero-order valence-corrected chi connectivity index (χ0v) is 16.7. The molecule has 0 aliphatic carbocycles. The summed E-state index contributed by atoms with van der Waals surface area (Å²) in [5, 5.41) is 10.2. The Bertz CT molecular complexity index is 1080. The number of H-pyrrole nitrogens is 1. The molecule has 1 atom stereocenters. The standard InChI is InChI=1S/C22H24N6O/c1-3-20-25-15(13-23)12-21(26-20)27(2)14-16-6-5-11-28(16)22(29)18-7-4-8-19-17(18)9-10-24-19/h4,7-10,12,16,24H,3,5-6,11,14H2,1-2H3. The summed E-state index contributed by atoms with van der Waals surface area (Å²) in [6, 6.07) is 11.7. The molecule has 0 bridgehead atoms. The van der Waals surface area contributed by atoms with Gasteiger partial charge in [-0.2, -0.15) is 5.26 Å². The monoisotopic (exact) mass is 388 g/mol. The van der Waals surface area contributed by atoms with E-state index in [9.17, 15) is 10.1 Å². The van der Waals surface area contributed by atoms with E-state index < -0.39 is 0 Å². The molecule has 4 rings (SSSR count). The second-order valence-corrected chi connectivity index (χ2v) is 7.41. The first-order chi connectivity index (χ1) is 14.1. The lowest BCUT2D eigenvalue weighted by molar-refractivity contribution is 0.0742. The molecule has 0 saturated carbocycles. The summed E-state index contributed by atoms with van der Waals surface area (Å²) >= 11 is 0. The second kappa shape index (κ2) is 7.92. The van der Waals surface area contributed by atoms with Crippen LogP contribution in [0.2, 0.25) is 0 Å². The Morgan fingerprint density at radius 2 is 2.24 bits per heavy atom. The predicted octanol–water partition coefficient (Wildman–Crippen LogP) is 3.13. The fourth-order valence-corrected chi connectivity index (χ4v) is 4.02. The summed E-state index contributed by atoms with van der Waals surface area (Å²) in [6.45, 7) is 3.39. The smallest absolute Gasteiger partial charge is 0.254 e. The van der Waals surface area contributed by atoms with Crippen molar-refractivity contribution in [1.82, 2.24) is 19.9 Å². The Labute approximate surface area is 170 Å². The molecule has 0 spiro atoms. The molecular weight excluding hydrogens is 364 g/mol. The highest BCUT2D eigenvalue weighted by molar-refractivity contribution is 6.06. The number of carbonyl (C=O) groups is 1. The number of hydrogen-bond acceptors (Lipinski definition) is 5. The normalized spacial score (nSPS) is 16.2. The Hall–Kier alpha value is -3.40. The maximum Gasteiger partial charge on any atom is 0.254 e. The lowest BCUT2D eigenvalue weighted by atomic mass is 10.1. The molecule has 2 aromatic heterocycles. The lowest BCUT2D eigenvalue weighted by Gasteiger charge is -2.29. The van der Waals surface area contributed by atoms with E-state index in [4.69, 9.17) is 0 Å². The van der Waals surface area contributed by atoms with Crippen LogP contribution < -0.4 is 4.90 Å². The molecule has 29 heavy (non-hydrogen) atoms. The predicted molar refractivity (Wildman–Crippen MR) is 112 cm³/mol. The van der Waals surface area contributed by atoms with Gasteiger partial charge in [0.15, 0.2) is 0 Å². The van der Waals surface area contributed by atoms with Crippen molar-refractivity contribution in [2.24, 2.45) is 0 Å². The highest BCUT2D eigenvalue weighted by atomic mass is 16.2. The second-order valence-electron chi connectivity index (χ2n) is 7.41. The summed E-state index contributed by atoms with van der Waals surface area (Å²) in [4.78, 5) is 29.3. The number of benzene rings is 1. The van der Waals surface area contributed by atoms with Crippen LogP contribution in [0.25, 0.3) is 10.9 Å². The number of nitrogens with zero attached hydrogens (tertiary/aromatic N) is 5. The van der Waals surface area contributed by atoms with Crippen LogP contribution in [0.15, 0.2) is 36.5 Å². The third-order valence-electron chi connectivity index (χ3n) is 5.53. The number of aryl methyl sites for hydroxylation is 1. The summed E-state index contributed by atoms with van der Waals surface area (Å²) in [5.74, 6) is 1.45. The van der Waals surface area contributed by atoms with Gasteiger partial charge in [0.1, 0.15) is 23.4 Å². The number of hydrogen-bond donors (Lipinski definition) is 1. The molecule has 3 heterocycles. The summed E-state index contributed by atoms with van der Waals surface area (Å²) < 4.78 is 0. The van der Waals surface area contributed by atoms with Crippen molar-refractivity contribution in [2.75, 3.05) is 25.0 Å². The van der Waals surface area contributed by atoms with Gasteiger partial charge in [-0.15, -0.1) is 0 Å². The van der Waals surface area contributed by atoms with Gasteiger partial charge in [-0.1, -0.05) is 13.0 Å². The number of carbonyl (C=O) groups excluding carboxylic acids is 1. The zero-order chi connectivity index (χ0) is 20.4. The van der Waals surface area contributed by atoms with Crippen LogP contribution in [0.5, 0.6) is 0 Å². The molecule has 7 heteroatoms. The lowest BCUT2D eigenvalue weighted by Crippen LogP contribution is -2.42. The summed E-state index contributed by atoms with van der Waals surface area (Å²) in [6.07, 6.45) is 4.48. The Balaban J connectivity index is 1.55. The van der Waals surface area contributed by atoms with E-state index in [2.05, 4.69) is 21.0 Å². The summed E-state index contributed by atoms with van der Waals surface area (Å²) in [5.41, 5.74) is 2.08. The Morgan fingerprint density at radius 1 is 1.38 bits per heavy atom. The first-order valence-electron chi connectivity index (χ1n) is 9.97. The number of rotatable bonds is 5. The SMILES string of the molecule is CCc1nc(C#N)cc(N(C)CC2CCCN2C(=O)c2cccc3[nH]ccc23)n1. The first-order valence-corrected chi connectivity index (χ1v) is 9.97. The molecular formula is C22H24N6O. The molecule has 1 fully saturated rings. The number of anilines is 1. The summed E-state index contributed by atoms with van der Waals surface area (Å²) in [7, 11) is 1.96. The van der Waals surface area contributed by atoms with Gasteiger partial charge in [0.2, 0.25) is 0 Å². The van der Waals surface area contributed by atoms with Crippen molar-refractivity contribution in [3.63, 3.8) is 0 Å². The Morgan fingerprint density at radius 3 is 3.03 bits per heavy atom. The van der Waals surface area contributed by atoms with E-state index >= 15 is 0 Å². The van der Waals surface area contributed by atoms with Crippen molar-refractivity contribution < 1.29 is 4.79 Å². The van der Waals surface area contributed by atoms with Crippen molar-refractivity contribution in [3.8, 4) is 6.07 Å². The van der Waals surface area contributed by atoms with Crippen LogP contribution in [0.4, 0.5) is 5.82 Å². The van der Waals surface area contributed by atoms with E-state index in [0.29, 0.717) is 24.5 Å². The molecule has 1 saturated heterocycles. The minimum Gasteiger partial charge on any atom is -0.361 e. The average Bonchev–Trinajstić information content (AvgIpc) is 3.41. The molecule has 3 aromatic rings. The van der Waals surface area contributed by atoms with Crippen LogP contribution in [0.1, 0.15) is 41.6 Å². The maximum absolute atomic E-state index is 13.3. The van der Waals surface area contributed by atoms with Gasteiger partial charge in [0, 0.05) is 61.3 Å². The van der Waals surface area contributed by atoms with Gasteiger partial charge < -0.3 is 14.8 Å². The molecule has 1 amide bonds. The van der Waals surface area contributed by atoms with Crippen LogP contribution in [0, 0.1) is 11.3 Å². The van der Waals surface area contributed by atoms with Gasteiger partial charge in [-0.25, -0.2) is 9.97 Å². The van der Waals surface area contributed by atoms with Gasteiger partial charge in [-0.05, 0) is 31.0 Å². The van der Waals surface area contributed by atoms with Crippen molar-refractivity contribution in [3.05, 3.63) is 53.6 Å². The van der Waals surface area contributed by atoms with Crippen molar-refractivity contribution in [2.45, 2.75) is 32.2 Å². The van der Waals surface area contributed by atoms with Crippen LogP contribution in [-0.4, -0.2) is 51.9 Å². The van der Waals surface area contributed by atoms with E-state index in [0.717, 1.165) is 41.7 Å². The average molecular weight is 388 g/mol. The van der Waals surface area contributed by atoms with E-state index in [1.54, 1.807) is 6.07 Å². The van der Waals surface area contributed by atoms with Gasteiger partial charge >= 0.3 is 0 Å². The Kier molecular flexibility index (Phi) is 5.17. The molecule has 1 N–H and O–H groups in total. The highest BCUT2D eigenvalue weighted by Crippen LogP contribution is 2.25. The number of nitriles is 1. The third-order valence-corrected chi connectivity index (χ3v) is 5.53. The van der Waals surface area contributed by atoms with Crippen molar-refractivity contribution >= 4 is 22.6 Å². The quantitative estimate of drug-likeness (QED) is 0.725. The molecule has 148 valence electrons. The number of likely N-dealkylation sites (N-methyl/N-ethyl adjacent to an activating group) is 1. The largest absolute Gasteiger partial charge is 0.361 e. The van der Waals surface area contributed by atoms with E-state index in [-0.39, 0.29) is 11.9 Å². The first kappa shape index (κ1) is 18.9. The third kappa shape index (κ3) is 3.66. The molecule has 0 radical (unpaired) electrons. The maximum atomic E-state index is 13.3. The van der Waals surface area contributed by atoms with Gasteiger partial charge in [0.05, 0.1) is 0 Å². The molecule has 1 aromatic carbocycles. The van der Waals surface area contributed by atoms with E-state index in [1.165, 1.54) is 0 Å². The molecule has 1 unspecified atom stereocenters. The topological polar surface area (TPSA) is 88.9 Å². The van der Waals surface area contributed by atoms with Crippen LogP contribution in [-0.2, 0) is 6.42 Å². The van der Waals surface area contributed by atoms with Gasteiger partial charge in [-0.3, -0.25) is 4.79 Å². The highest BCUT2D eigenvalue weighted by Gasteiger charge is 2.31. The van der Waals surface area contributed by atoms with Crippen LogP contribution >= 0.6 is 0 Å². The van der Waals surface area contributed by atoms with Crippen molar-refractivity contribution in [1.29, 1.82) is 5.26 Å². The minimum atomic E-state index is 0.0701. The minimum absolute atomic E-state index is 0.0701. The zero-order valence-electron chi connectivity index (χ0n) is 16.7. The van der Waals surface area contributed by atoms with Crippen LogP contribution in [0.3, 0.4) is 0 Å². The molecule has 1 aliphatic rings. The number of amides is 1. The molecule has 1 aliphatic heterocycles. The number of likely N-dealkylation sites (tertiary alicyclic amines) is 1. The fraction of sp³-hybridized carbons (Fsp3) is 0.364. The van der Waals surface area contributed by atoms with Gasteiger partial charge in [0.25, 0.3) is 5.91 Å². The number of aromatic nitrogens is 3. The number of aromatic amines is 1. The fourth-order valence-electron chi connectivity index (χ4n) is 4.02. The van der Waals surface area contributed by atoms with E-state index in [1.807, 2.05) is 54.2 Å². The number of nitrogens with one attached hydrogen (secondary N) is 1.